The molecule has 2 atom stereocenters. The predicted molar refractivity (Wildman–Crippen MR) is 79.1 cm³/mol. The van der Waals surface area contributed by atoms with E-state index in [9.17, 15) is 0 Å². The summed E-state index contributed by atoms with van der Waals surface area (Å²) in [5, 5.41) is 3.33. The third kappa shape index (κ3) is 4.00. The maximum Gasteiger partial charge on any atom is 0.0351 e. The summed E-state index contributed by atoms with van der Waals surface area (Å²) in [7, 11) is 4.28. The van der Waals surface area contributed by atoms with E-state index in [4.69, 9.17) is 0 Å². The van der Waals surface area contributed by atoms with Crippen LogP contribution in [0, 0.1) is 0 Å². The molecule has 1 saturated heterocycles. The van der Waals surface area contributed by atoms with E-state index in [-0.39, 0.29) is 0 Å². The Balaban J connectivity index is 2.06. The molecule has 2 unspecified atom stereocenters. The molecule has 106 valence electrons. The molecule has 0 spiro atoms. The largest absolute Gasteiger partial charge is 0.318 e. The average molecular weight is 262 g/mol. The Morgan fingerprint density at radius 1 is 1.47 bits per heavy atom. The molecule has 4 heteroatoms. The molecule has 0 bridgehead atoms. The number of nitrogens with zero attached hydrogens (tertiary/aromatic N) is 3. The minimum atomic E-state index is 0.570. The third-order valence-corrected chi connectivity index (χ3v) is 4.15. The maximum absolute atomic E-state index is 4.22. The van der Waals surface area contributed by atoms with Crippen LogP contribution in [0.5, 0.6) is 0 Å². The summed E-state index contributed by atoms with van der Waals surface area (Å²) in [6.07, 6.45) is 5.05. The molecule has 0 amide bonds. The van der Waals surface area contributed by atoms with Crippen molar-refractivity contribution < 1.29 is 0 Å². The Hall–Kier alpha value is -0.970. The van der Waals surface area contributed by atoms with Crippen LogP contribution in [0.3, 0.4) is 0 Å². The third-order valence-electron chi connectivity index (χ3n) is 4.15. The van der Waals surface area contributed by atoms with Crippen LogP contribution < -0.4 is 5.32 Å². The molecule has 1 fully saturated rings. The van der Waals surface area contributed by atoms with Crippen molar-refractivity contribution in [1.29, 1.82) is 0 Å². The molecule has 0 saturated carbocycles. The highest BCUT2D eigenvalue weighted by Gasteiger charge is 2.26. The van der Waals surface area contributed by atoms with Crippen LogP contribution in [0.4, 0.5) is 0 Å². The summed E-state index contributed by atoms with van der Waals surface area (Å²) in [6, 6.07) is 5.43. The van der Waals surface area contributed by atoms with Gasteiger partial charge in [0.25, 0.3) is 0 Å². The lowest BCUT2D eigenvalue weighted by Gasteiger charge is -2.31. The van der Waals surface area contributed by atoms with Crippen LogP contribution in [0.2, 0.25) is 0 Å². The standard InChI is InChI=1S/C15H26N4/c1-13-6-8-19(11-14-5-4-7-17-9-14)15(10-16-2)12-18(13)3/h4-5,7,9,13,15-16H,6,8,10-12H2,1-3H3. The zero-order valence-corrected chi connectivity index (χ0v) is 12.3. The van der Waals surface area contributed by atoms with E-state index >= 15 is 0 Å². The van der Waals surface area contributed by atoms with Gasteiger partial charge in [-0.1, -0.05) is 6.07 Å². The van der Waals surface area contributed by atoms with E-state index in [1.807, 2.05) is 25.5 Å². The molecular formula is C15H26N4. The molecule has 0 aromatic carbocycles. The molecule has 2 rings (SSSR count). The molecule has 1 N–H and O–H groups in total. The number of rotatable bonds is 4. The lowest BCUT2D eigenvalue weighted by atomic mass is 10.2. The van der Waals surface area contributed by atoms with Crippen LogP contribution in [0.25, 0.3) is 0 Å². The molecule has 1 aliphatic rings. The molecule has 2 heterocycles. The van der Waals surface area contributed by atoms with Gasteiger partial charge in [0, 0.05) is 50.7 Å². The first kappa shape index (κ1) is 14.4. The number of aromatic nitrogens is 1. The van der Waals surface area contributed by atoms with Gasteiger partial charge in [-0.25, -0.2) is 0 Å². The Bertz CT molecular complexity index is 368. The molecule has 4 nitrogen and oxygen atoms in total. The summed E-state index contributed by atoms with van der Waals surface area (Å²) < 4.78 is 0. The Kier molecular flexibility index (Phi) is 5.31. The summed E-state index contributed by atoms with van der Waals surface area (Å²) in [5.74, 6) is 0. The number of nitrogens with one attached hydrogen (secondary N) is 1. The molecule has 1 aromatic rings. The highest BCUT2D eigenvalue weighted by molar-refractivity contribution is 5.08. The first-order valence-electron chi connectivity index (χ1n) is 7.18. The predicted octanol–water partition coefficient (Wildman–Crippen LogP) is 1.20. The number of hydrogen-bond acceptors (Lipinski definition) is 4. The molecule has 19 heavy (non-hydrogen) atoms. The van der Waals surface area contributed by atoms with E-state index < -0.39 is 0 Å². The fraction of sp³-hybridized carbons (Fsp3) is 0.667. The quantitative estimate of drug-likeness (QED) is 0.883. The van der Waals surface area contributed by atoms with Crippen LogP contribution in [-0.4, -0.2) is 60.6 Å². The summed E-state index contributed by atoms with van der Waals surface area (Å²) in [6.45, 7) is 6.65. The van der Waals surface area contributed by atoms with Gasteiger partial charge in [-0.15, -0.1) is 0 Å². The lowest BCUT2D eigenvalue weighted by molar-refractivity contribution is 0.174. The van der Waals surface area contributed by atoms with Crippen molar-refractivity contribution in [2.45, 2.75) is 32.0 Å². The van der Waals surface area contributed by atoms with Gasteiger partial charge in [-0.2, -0.15) is 0 Å². The summed E-state index contributed by atoms with van der Waals surface area (Å²) in [4.78, 5) is 9.29. The van der Waals surface area contributed by atoms with Gasteiger partial charge in [0.1, 0.15) is 0 Å². The van der Waals surface area contributed by atoms with E-state index in [2.05, 4.69) is 40.1 Å². The van der Waals surface area contributed by atoms with Crippen LogP contribution in [0.15, 0.2) is 24.5 Å². The normalized spacial score (nSPS) is 26.3. The van der Waals surface area contributed by atoms with Crippen molar-refractivity contribution in [3.63, 3.8) is 0 Å². The second-order valence-electron chi connectivity index (χ2n) is 5.62. The van der Waals surface area contributed by atoms with Crippen molar-refractivity contribution >= 4 is 0 Å². The fourth-order valence-corrected chi connectivity index (χ4v) is 2.75. The molecule has 0 radical (unpaired) electrons. The zero-order chi connectivity index (χ0) is 13.7. The van der Waals surface area contributed by atoms with Crippen molar-refractivity contribution in [3.05, 3.63) is 30.1 Å². The van der Waals surface area contributed by atoms with Crippen LogP contribution >= 0.6 is 0 Å². The van der Waals surface area contributed by atoms with E-state index in [0.29, 0.717) is 12.1 Å². The molecule has 1 aliphatic heterocycles. The van der Waals surface area contributed by atoms with Gasteiger partial charge >= 0.3 is 0 Å². The van der Waals surface area contributed by atoms with E-state index in [0.717, 1.165) is 26.2 Å². The summed E-state index contributed by atoms with van der Waals surface area (Å²) in [5.41, 5.74) is 1.31. The fourth-order valence-electron chi connectivity index (χ4n) is 2.75. The second-order valence-corrected chi connectivity index (χ2v) is 5.62. The first-order valence-corrected chi connectivity index (χ1v) is 7.18. The topological polar surface area (TPSA) is 31.4 Å². The van der Waals surface area contributed by atoms with Gasteiger partial charge in [0.05, 0.1) is 0 Å². The highest BCUT2D eigenvalue weighted by atomic mass is 15.3. The van der Waals surface area contributed by atoms with E-state index in [1.54, 1.807) is 0 Å². The Morgan fingerprint density at radius 2 is 2.32 bits per heavy atom. The Morgan fingerprint density at radius 3 is 3.00 bits per heavy atom. The van der Waals surface area contributed by atoms with Crippen molar-refractivity contribution in [3.8, 4) is 0 Å². The average Bonchev–Trinajstić information content (AvgIpc) is 2.54. The lowest BCUT2D eigenvalue weighted by Crippen LogP contribution is -2.46. The summed E-state index contributed by atoms with van der Waals surface area (Å²) >= 11 is 0. The maximum atomic E-state index is 4.22. The van der Waals surface area contributed by atoms with Crippen LogP contribution in [0.1, 0.15) is 18.9 Å². The highest BCUT2D eigenvalue weighted by Crippen LogP contribution is 2.16. The van der Waals surface area contributed by atoms with Crippen molar-refractivity contribution in [2.24, 2.45) is 0 Å². The van der Waals surface area contributed by atoms with Gasteiger partial charge in [0.2, 0.25) is 0 Å². The van der Waals surface area contributed by atoms with Crippen LogP contribution in [-0.2, 0) is 6.54 Å². The van der Waals surface area contributed by atoms with Gasteiger partial charge in [0.15, 0.2) is 0 Å². The zero-order valence-electron chi connectivity index (χ0n) is 12.3. The second kappa shape index (κ2) is 6.98. The molecule has 0 aliphatic carbocycles. The first-order chi connectivity index (χ1) is 9.20. The van der Waals surface area contributed by atoms with E-state index in [1.165, 1.54) is 12.0 Å². The number of hydrogen-bond donors (Lipinski definition) is 1. The SMILES string of the molecule is CNCC1CN(C)C(C)CCN1Cc1cccnc1. The van der Waals surface area contributed by atoms with Crippen molar-refractivity contribution in [1.82, 2.24) is 20.1 Å². The number of likely N-dealkylation sites (N-methyl/N-ethyl adjacent to an activating group) is 2. The van der Waals surface area contributed by atoms with Gasteiger partial charge in [-0.05, 0) is 39.1 Å². The van der Waals surface area contributed by atoms with Gasteiger partial charge < -0.3 is 10.2 Å². The molecular weight excluding hydrogens is 236 g/mol. The Labute approximate surface area is 116 Å². The minimum Gasteiger partial charge on any atom is -0.318 e. The van der Waals surface area contributed by atoms with Crippen molar-refractivity contribution in [2.75, 3.05) is 33.7 Å². The number of pyridine rings is 1. The van der Waals surface area contributed by atoms with Gasteiger partial charge in [-0.3, -0.25) is 9.88 Å². The minimum absolute atomic E-state index is 0.570. The monoisotopic (exact) mass is 262 g/mol. The molecule has 1 aromatic heterocycles. The smallest absolute Gasteiger partial charge is 0.0351 e.